The molecule has 0 unspecified atom stereocenters. The van der Waals surface area contributed by atoms with Crippen LogP contribution in [0.25, 0.3) is 10.9 Å². The minimum atomic E-state index is -0.518. The molecule has 0 aliphatic rings. The lowest BCUT2D eigenvalue weighted by Crippen LogP contribution is -2.29. The van der Waals surface area contributed by atoms with Crippen molar-refractivity contribution in [1.29, 1.82) is 0 Å². The van der Waals surface area contributed by atoms with Gasteiger partial charge >= 0.3 is 0 Å². The van der Waals surface area contributed by atoms with Crippen LogP contribution in [0.3, 0.4) is 0 Å². The second kappa shape index (κ2) is 5.79. The molecule has 0 spiro atoms. The number of carbonyl (C=O) groups excluding carboxylic acids is 1. The quantitative estimate of drug-likeness (QED) is 0.629. The van der Waals surface area contributed by atoms with Gasteiger partial charge in [0.2, 0.25) is 0 Å². The molecule has 0 saturated carbocycles. The van der Waals surface area contributed by atoms with Gasteiger partial charge < -0.3 is 4.98 Å². The van der Waals surface area contributed by atoms with Crippen LogP contribution in [0, 0.1) is 4.77 Å². The lowest BCUT2D eigenvalue weighted by atomic mass is 10.2. The number of aromatic nitrogens is 2. The summed E-state index contributed by atoms with van der Waals surface area (Å²) in [6.45, 7) is 0. The fourth-order valence-corrected chi connectivity index (χ4v) is 2.95. The largest absolute Gasteiger partial charge is 0.331 e. The molecule has 0 atom stereocenters. The van der Waals surface area contributed by atoms with Crippen LogP contribution in [0.4, 0.5) is 0 Å². The van der Waals surface area contributed by atoms with Crippen molar-refractivity contribution in [3.05, 3.63) is 72.6 Å². The van der Waals surface area contributed by atoms with Crippen molar-refractivity contribution in [2.45, 2.75) is 0 Å². The maximum atomic E-state index is 12.6. The first-order valence-corrected chi connectivity index (χ1v) is 7.80. The molecular formula is C15H8BrClN2O2S. The van der Waals surface area contributed by atoms with E-state index < -0.39 is 11.5 Å². The highest BCUT2D eigenvalue weighted by atomic mass is 79.9. The molecule has 2 aromatic carbocycles. The van der Waals surface area contributed by atoms with Crippen LogP contribution in [0.5, 0.6) is 0 Å². The number of hydrogen-bond acceptors (Lipinski definition) is 3. The van der Waals surface area contributed by atoms with Gasteiger partial charge in [-0.25, -0.2) is 4.57 Å². The van der Waals surface area contributed by atoms with Crippen LogP contribution in [0.2, 0.25) is 5.02 Å². The normalized spacial score (nSPS) is 10.8. The van der Waals surface area contributed by atoms with Crippen molar-refractivity contribution in [2.75, 3.05) is 0 Å². The van der Waals surface area contributed by atoms with E-state index in [9.17, 15) is 9.59 Å². The monoisotopic (exact) mass is 394 g/mol. The van der Waals surface area contributed by atoms with Gasteiger partial charge in [-0.15, -0.1) is 0 Å². The predicted octanol–water partition coefficient (Wildman–Crippen LogP) is 4.16. The van der Waals surface area contributed by atoms with Crippen LogP contribution >= 0.6 is 39.7 Å². The second-order valence-corrected chi connectivity index (χ2v) is 6.31. The number of rotatable bonds is 1. The Kier molecular flexibility index (Phi) is 3.99. The molecule has 0 saturated heterocycles. The summed E-state index contributed by atoms with van der Waals surface area (Å²) in [4.78, 5) is 28.1. The molecule has 3 rings (SSSR count). The van der Waals surface area contributed by atoms with Gasteiger partial charge in [0.05, 0.1) is 10.9 Å². The summed E-state index contributed by atoms with van der Waals surface area (Å²) in [5, 5.41) is 0.788. The van der Waals surface area contributed by atoms with Gasteiger partial charge in [0, 0.05) is 15.1 Å². The zero-order chi connectivity index (χ0) is 15.9. The molecule has 4 nitrogen and oxygen atoms in total. The number of fused-ring (bicyclic) bond motifs is 1. The summed E-state index contributed by atoms with van der Waals surface area (Å²) in [7, 11) is 0. The van der Waals surface area contributed by atoms with Crippen LogP contribution in [0.1, 0.15) is 10.4 Å². The summed E-state index contributed by atoms with van der Waals surface area (Å²) in [5.74, 6) is -0.518. The number of benzene rings is 2. The highest BCUT2D eigenvalue weighted by molar-refractivity contribution is 9.10. The molecular weight excluding hydrogens is 388 g/mol. The van der Waals surface area contributed by atoms with E-state index in [2.05, 4.69) is 20.9 Å². The Morgan fingerprint density at radius 1 is 1.23 bits per heavy atom. The van der Waals surface area contributed by atoms with Gasteiger partial charge in [0.25, 0.3) is 11.5 Å². The molecule has 0 bridgehead atoms. The van der Waals surface area contributed by atoms with Crippen LogP contribution in [-0.4, -0.2) is 15.5 Å². The first kappa shape index (κ1) is 15.1. The lowest BCUT2D eigenvalue weighted by molar-refractivity contribution is 0.0953. The van der Waals surface area contributed by atoms with Gasteiger partial charge in [0.1, 0.15) is 0 Å². The number of halogens is 2. The van der Waals surface area contributed by atoms with Gasteiger partial charge in [-0.2, -0.15) is 0 Å². The fourth-order valence-electron chi connectivity index (χ4n) is 2.12. The minimum Gasteiger partial charge on any atom is -0.331 e. The molecule has 22 heavy (non-hydrogen) atoms. The maximum absolute atomic E-state index is 12.6. The summed E-state index contributed by atoms with van der Waals surface area (Å²) < 4.78 is 1.73. The topological polar surface area (TPSA) is 54.9 Å². The Labute approximate surface area is 143 Å². The van der Waals surface area contributed by atoms with E-state index in [1.807, 2.05) is 0 Å². The minimum absolute atomic E-state index is 0.0461. The first-order chi connectivity index (χ1) is 10.5. The third kappa shape index (κ3) is 2.65. The smallest absolute Gasteiger partial charge is 0.269 e. The average Bonchev–Trinajstić information content (AvgIpc) is 2.48. The van der Waals surface area contributed by atoms with Crippen molar-refractivity contribution in [2.24, 2.45) is 0 Å². The number of carbonyl (C=O) groups is 1. The highest BCUT2D eigenvalue weighted by Crippen LogP contribution is 2.16. The standard InChI is InChI=1S/C15H8BrClN2O2S/c16-9-4-5-12-11(7-9)14(21)19(15(22)18-12)13(20)8-2-1-3-10(17)6-8/h1-7H,(H,18,22). The molecule has 0 aliphatic carbocycles. The lowest BCUT2D eigenvalue weighted by Gasteiger charge is -2.07. The van der Waals surface area contributed by atoms with Crippen LogP contribution in [0.15, 0.2) is 51.7 Å². The number of aromatic amines is 1. The summed E-state index contributed by atoms with van der Waals surface area (Å²) >= 11 is 14.4. The van der Waals surface area contributed by atoms with Crippen LogP contribution in [-0.2, 0) is 0 Å². The van der Waals surface area contributed by atoms with E-state index in [-0.39, 0.29) is 4.77 Å². The zero-order valence-corrected chi connectivity index (χ0v) is 14.1. The number of hydrogen-bond donors (Lipinski definition) is 1. The SMILES string of the molecule is O=C(c1cccc(Cl)c1)n1c(=S)[nH]c2ccc(Br)cc2c1=O. The molecule has 110 valence electrons. The van der Waals surface area contributed by atoms with Crippen molar-refractivity contribution >= 4 is 56.6 Å². The molecule has 7 heteroatoms. The number of nitrogens with one attached hydrogen (secondary N) is 1. The van der Waals surface area contributed by atoms with Crippen molar-refractivity contribution in [1.82, 2.24) is 9.55 Å². The van der Waals surface area contributed by atoms with E-state index in [1.54, 1.807) is 36.4 Å². The highest BCUT2D eigenvalue weighted by Gasteiger charge is 2.15. The molecule has 0 aliphatic heterocycles. The summed E-state index contributed by atoms with van der Waals surface area (Å²) in [6, 6.07) is 11.5. The third-order valence-electron chi connectivity index (χ3n) is 3.13. The fraction of sp³-hybridized carbons (Fsp3) is 0. The molecule has 3 aromatic rings. The Hall–Kier alpha value is -1.76. The zero-order valence-electron chi connectivity index (χ0n) is 11.0. The Balaban J connectivity index is 2.29. The van der Waals surface area contributed by atoms with E-state index in [0.717, 1.165) is 9.04 Å². The molecule has 0 amide bonds. The molecule has 1 aromatic heterocycles. The van der Waals surface area contributed by atoms with Gasteiger partial charge in [0.15, 0.2) is 4.77 Å². The Bertz CT molecular complexity index is 1030. The predicted molar refractivity (Wildman–Crippen MR) is 92.3 cm³/mol. The van der Waals surface area contributed by atoms with Crippen molar-refractivity contribution in [3.63, 3.8) is 0 Å². The Morgan fingerprint density at radius 3 is 2.73 bits per heavy atom. The van der Waals surface area contributed by atoms with E-state index in [4.69, 9.17) is 23.8 Å². The summed E-state index contributed by atoms with van der Waals surface area (Å²) in [5.41, 5.74) is 0.404. The Morgan fingerprint density at radius 2 is 2.00 bits per heavy atom. The summed E-state index contributed by atoms with van der Waals surface area (Å²) in [6.07, 6.45) is 0. The molecule has 1 N–H and O–H groups in total. The van der Waals surface area contributed by atoms with Crippen molar-refractivity contribution in [3.8, 4) is 0 Å². The molecule has 1 heterocycles. The first-order valence-electron chi connectivity index (χ1n) is 6.22. The average molecular weight is 396 g/mol. The van der Waals surface area contributed by atoms with E-state index in [1.165, 1.54) is 6.07 Å². The van der Waals surface area contributed by atoms with Gasteiger partial charge in [-0.3, -0.25) is 9.59 Å². The maximum Gasteiger partial charge on any atom is 0.269 e. The van der Waals surface area contributed by atoms with Gasteiger partial charge in [-0.05, 0) is 48.6 Å². The second-order valence-electron chi connectivity index (χ2n) is 4.58. The number of H-pyrrole nitrogens is 1. The molecule has 0 radical (unpaired) electrons. The number of nitrogens with zero attached hydrogens (tertiary/aromatic N) is 1. The molecule has 0 fully saturated rings. The van der Waals surface area contributed by atoms with Crippen LogP contribution < -0.4 is 5.56 Å². The van der Waals surface area contributed by atoms with Crippen molar-refractivity contribution < 1.29 is 4.79 Å². The third-order valence-corrected chi connectivity index (χ3v) is 4.15. The van der Waals surface area contributed by atoms with E-state index >= 15 is 0 Å². The van der Waals surface area contributed by atoms with Gasteiger partial charge in [-0.1, -0.05) is 33.6 Å². The van der Waals surface area contributed by atoms with E-state index in [0.29, 0.717) is 21.5 Å².